The number of rotatable bonds is 1. The van der Waals surface area contributed by atoms with Gasteiger partial charge in [0.05, 0.1) is 19.8 Å². The van der Waals surface area contributed by atoms with Crippen molar-refractivity contribution in [2.75, 3.05) is 26.3 Å². The van der Waals surface area contributed by atoms with E-state index in [1.54, 1.807) is 23.1 Å². The molecule has 0 atom stereocenters. The first-order chi connectivity index (χ1) is 8.69. The molecule has 2 fully saturated rings. The third kappa shape index (κ3) is 2.09. The summed E-state index contributed by atoms with van der Waals surface area (Å²) in [6.07, 6.45) is 0.708. The van der Waals surface area contributed by atoms with Crippen LogP contribution >= 0.6 is 11.6 Å². The van der Waals surface area contributed by atoms with Crippen molar-refractivity contribution >= 4 is 17.5 Å². The van der Waals surface area contributed by atoms with Crippen molar-refractivity contribution in [1.29, 1.82) is 0 Å². The minimum absolute atomic E-state index is 0.131. The van der Waals surface area contributed by atoms with Crippen LogP contribution in [-0.4, -0.2) is 47.9 Å². The first kappa shape index (κ1) is 11.9. The van der Waals surface area contributed by atoms with E-state index in [1.807, 2.05) is 0 Å². The van der Waals surface area contributed by atoms with Gasteiger partial charge >= 0.3 is 0 Å². The average Bonchev–Trinajstić information content (AvgIpc) is 3.00. The minimum Gasteiger partial charge on any atom is -0.346 e. The van der Waals surface area contributed by atoms with Gasteiger partial charge in [0.2, 0.25) is 0 Å². The van der Waals surface area contributed by atoms with Gasteiger partial charge in [-0.1, -0.05) is 17.7 Å². The van der Waals surface area contributed by atoms with E-state index in [0.29, 0.717) is 43.6 Å². The van der Waals surface area contributed by atoms with Gasteiger partial charge in [-0.15, -0.1) is 0 Å². The highest BCUT2D eigenvalue weighted by Crippen LogP contribution is 2.31. The lowest BCUT2D eigenvalue weighted by Gasteiger charge is -2.22. The first-order valence-electron chi connectivity index (χ1n) is 5.88. The zero-order valence-electron chi connectivity index (χ0n) is 9.76. The van der Waals surface area contributed by atoms with Gasteiger partial charge in [-0.2, -0.15) is 0 Å². The third-order valence-corrected chi connectivity index (χ3v) is 3.44. The molecule has 0 saturated carbocycles. The summed E-state index contributed by atoms with van der Waals surface area (Å²) in [4.78, 5) is 18.0. The van der Waals surface area contributed by atoms with E-state index >= 15 is 0 Å². The quantitative estimate of drug-likeness (QED) is 0.721. The Hall–Kier alpha value is -1.17. The van der Waals surface area contributed by atoms with Crippen LogP contribution in [0.3, 0.4) is 0 Å². The van der Waals surface area contributed by atoms with Crippen molar-refractivity contribution in [1.82, 2.24) is 9.88 Å². The molecule has 1 spiro atoms. The Kier molecular flexibility index (Phi) is 2.97. The molecule has 18 heavy (non-hydrogen) atoms. The molecule has 0 aliphatic carbocycles. The number of ether oxygens (including phenoxy) is 2. The molecular formula is C12H13ClN2O3. The molecule has 0 unspecified atom stereocenters. The molecule has 1 amide bonds. The van der Waals surface area contributed by atoms with Crippen LogP contribution in [0.5, 0.6) is 0 Å². The van der Waals surface area contributed by atoms with Crippen molar-refractivity contribution in [2.24, 2.45) is 0 Å². The molecule has 0 bridgehead atoms. The first-order valence-corrected chi connectivity index (χ1v) is 6.26. The van der Waals surface area contributed by atoms with Crippen molar-refractivity contribution < 1.29 is 14.3 Å². The monoisotopic (exact) mass is 268 g/mol. The maximum atomic E-state index is 12.2. The van der Waals surface area contributed by atoms with E-state index in [0.717, 1.165) is 0 Å². The van der Waals surface area contributed by atoms with Gasteiger partial charge in [-0.05, 0) is 12.1 Å². The topological polar surface area (TPSA) is 51.7 Å². The predicted octanol–water partition coefficient (Wildman–Crippen LogP) is 1.32. The molecular weight excluding hydrogens is 256 g/mol. The standard InChI is InChI=1S/C12H13ClN2O3/c13-10-3-1-2-9(14-10)11(16)15-5-4-12(8-15)17-6-7-18-12/h1-3H,4-8H2. The van der Waals surface area contributed by atoms with Crippen LogP contribution in [0.4, 0.5) is 0 Å². The highest BCUT2D eigenvalue weighted by atomic mass is 35.5. The molecule has 0 N–H and O–H groups in total. The normalized spacial score (nSPS) is 21.7. The van der Waals surface area contributed by atoms with Gasteiger partial charge in [-0.25, -0.2) is 4.98 Å². The second-order valence-corrected chi connectivity index (χ2v) is 4.82. The number of halogens is 1. The number of hydrogen-bond donors (Lipinski definition) is 0. The highest BCUT2D eigenvalue weighted by molar-refractivity contribution is 6.29. The maximum absolute atomic E-state index is 12.2. The summed E-state index contributed by atoms with van der Waals surface area (Å²) in [5.41, 5.74) is 0.359. The fourth-order valence-corrected chi connectivity index (χ4v) is 2.51. The summed E-state index contributed by atoms with van der Waals surface area (Å²) in [6, 6.07) is 5.03. The van der Waals surface area contributed by atoms with Gasteiger partial charge in [0, 0.05) is 13.0 Å². The van der Waals surface area contributed by atoms with Crippen LogP contribution in [-0.2, 0) is 9.47 Å². The lowest BCUT2D eigenvalue weighted by Crippen LogP contribution is -2.37. The molecule has 3 rings (SSSR count). The Morgan fingerprint density at radius 1 is 1.39 bits per heavy atom. The molecule has 6 heteroatoms. The van der Waals surface area contributed by atoms with E-state index in [-0.39, 0.29) is 5.91 Å². The summed E-state index contributed by atoms with van der Waals surface area (Å²) in [7, 11) is 0. The Morgan fingerprint density at radius 3 is 2.89 bits per heavy atom. The fraction of sp³-hybridized carbons (Fsp3) is 0.500. The molecule has 1 aromatic rings. The highest BCUT2D eigenvalue weighted by Gasteiger charge is 2.45. The number of carbonyl (C=O) groups excluding carboxylic acids is 1. The Balaban J connectivity index is 1.74. The van der Waals surface area contributed by atoms with E-state index in [1.165, 1.54) is 0 Å². The maximum Gasteiger partial charge on any atom is 0.272 e. The number of amides is 1. The Morgan fingerprint density at radius 2 is 2.17 bits per heavy atom. The zero-order chi connectivity index (χ0) is 12.6. The summed E-state index contributed by atoms with van der Waals surface area (Å²) in [5.74, 6) is -0.720. The van der Waals surface area contributed by atoms with E-state index in [9.17, 15) is 4.79 Å². The Bertz CT molecular complexity index is 474. The number of likely N-dealkylation sites (tertiary alicyclic amines) is 1. The lowest BCUT2D eigenvalue weighted by molar-refractivity contribution is -0.143. The van der Waals surface area contributed by atoms with Gasteiger partial charge in [0.15, 0.2) is 5.79 Å². The van der Waals surface area contributed by atoms with Crippen LogP contribution in [0.2, 0.25) is 5.15 Å². The van der Waals surface area contributed by atoms with Crippen LogP contribution < -0.4 is 0 Å². The zero-order valence-corrected chi connectivity index (χ0v) is 10.5. The summed E-state index contributed by atoms with van der Waals surface area (Å²) in [6.45, 7) is 2.27. The predicted molar refractivity (Wildman–Crippen MR) is 64.4 cm³/mol. The SMILES string of the molecule is O=C(c1cccc(Cl)n1)N1CCC2(C1)OCCO2. The smallest absolute Gasteiger partial charge is 0.272 e. The molecule has 2 saturated heterocycles. The van der Waals surface area contributed by atoms with Gasteiger partial charge in [0.25, 0.3) is 5.91 Å². The second-order valence-electron chi connectivity index (χ2n) is 4.43. The number of pyridine rings is 1. The molecule has 0 radical (unpaired) electrons. The van der Waals surface area contributed by atoms with Crippen LogP contribution in [0.15, 0.2) is 18.2 Å². The van der Waals surface area contributed by atoms with E-state index in [4.69, 9.17) is 21.1 Å². The van der Waals surface area contributed by atoms with Gasteiger partial charge in [0.1, 0.15) is 10.8 Å². The van der Waals surface area contributed by atoms with Crippen molar-refractivity contribution in [3.63, 3.8) is 0 Å². The van der Waals surface area contributed by atoms with Crippen molar-refractivity contribution in [3.8, 4) is 0 Å². The Labute approximate surface area is 110 Å². The van der Waals surface area contributed by atoms with Crippen LogP contribution in [0, 0.1) is 0 Å². The molecule has 1 aromatic heterocycles. The van der Waals surface area contributed by atoms with E-state index in [2.05, 4.69) is 4.98 Å². The molecule has 0 aromatic carbocycles. The third-order valence-electron chi connectivity index (χ3n) is 3.23. The number of carbonyl (C=O) groups is 1. The van der Waals surface area contributed by atoms with Crippen LogP contribution in [0.1, 0.15) is 16.9 Å². The number of nitrogens with zero attached hydrogens (tertiary/aromatic N) is 2. The fourth-order valence-electron chi connectivity index (χ4n) is 2.35. The largest absolute Gasteiger partial charge is 0.346 e. The number of hydrogen-bond acceptors (Lipinski definition) is 4. The number of aromatic nitrogens is 1. The summed E-state index contributed by atoms with van der Waals surface area (Å²) in [5, 5.41) is 0.322. The van der Waals surface area contributed by atoms with Gasteiger partial charge in [-0.3, -0.25) is 4.79 Å². The van der Waals surface area contributed by atoms with Crippen molar-refractivity contribution in [3.05, 3.63) is 29.0 Å². The van der Waals surface area contributed by atoms with Crippen LogP contribution in [0.25, 0.3) is 0 Å². The summed E-state index contributed by atoms with van der Waals surface area (Å²) >= 11 is 5.78. The van der Waals surface area contributed by atoms with E-state index < -0.39 is 5.79 Å². The van der Waals surface area contributed by atoms with Gasteiger partial charge < -0.3 is 14.4 Å². The minimum atomic E-state index is -0.589. The molecule has 2 aliphatic rings. The average molecular weight is 269 g/mol. The second kappa shape index (κ2) is 4.50. The molecule has 2 aliphatic heterocycles. The molecule has 96 valence electrons. The summed E-state index contributed by atoms with van der Waals surface area (Å²) < 4.78 is 11.2. The van der Waals surface area contributed by atoms with Crippen molar-refractivity contribution in [2.45, 2.75) is 12.2 Å². The lowest BCUT2D eigenvalue weighted by atomic mass is 10.2. The molecule has 3 heterocycles. The molecule has 5 nitrogen and oxygen atoms in total.